The largest absolute Gasteiger partial charge is 0.416 e. The summed E-state index contributed by atoms with van der Waals surface area (Å²) < 4.78 is 41.9. The lowest BCUT2D eigenvalue weighted by molar-refractivity contribution is -0.137. The van der Waals surface area contributed by atoms with Gasteiger partial charge in [-0.3, -0.25) is 9.88 Å². The normalized spacial score (nSPS) is 13.8. The van der Waals surface area contributed by atoms with Crippen LogP contribution in [0.5, 0.6) is 0 Å². The summed E-state index contributed by atoms with van der Waals surface area (Å²) >= 11 is 0. The van der Waals surface area contributed by atoms with Gasteiger partial charge in [0, 0.05) is 49.2 Å². The first-order chi connectivity index (χ1) is 17.8. The van der Waals surface area contributed by atoms with Crippen LogP contribution in [0, 0.1) is 0 Å². The molecule has 0 aliphatic carbocycles. The Kier molecular flexibility index (Phi) is 5.10. The van der Waals surface area contributed by atoms with Gasteiger partial charge in [0.25, 0.3) is 0 Å². The molecule has 0 N–H and O–H groups in total. The highest BCUT2D eigenvalue weighted by Gasteiger charge is 2.35. The predicted octanol–water partition coefficient (Wildman–Crippen LogP) is 4.99. The quantitative estimate of drug-likeness (QED) is 0.345. The van der Waals surface area contributed by atoms with Crippen molar-refractivity contribution < 1.29 is 18.0 Å². The number of urea groups is 1. The Morgan fingerprint density at radius 3 is 2.51 bits per heavy atom. The summed E-state index contributed by atoms with van der Waals surface area (Å²) in [5.74, 6) is 0.387. The number of halogens is 3. The zero-order valence-corrected chi connectivity index (χ0v) is 19.3. The molecule has 0 saturated heterocycles. The summed E-state index contributed by atoms with van der Waals surface area (Å²) in [6.07, 6.45) is 3.60. The summed E-state index contributed by atoms with van der Waals surface area (Å²) in [7, 11) is 1.58. The molecule has 184 valence electrons. The second-order valence-electron chi connectivity index (χ2n) is 8.44. The third-order valence-electron chi connectivity index (χ3n) is 5.99. The number of alkyl halides is 3. The number of carbonyl (C=O) groups excluding carboxylic acids is 1. The summed E-state index contributed by atoms with van der Waals surface area (Å²) in [5.41, 5.74) is 2.28. The lowest BCUT2D eigenvalue weighted by Crippen LogP contribution is -2.42. The second-order valence-corrected chi connectivity index (χ2v) is 8.44. The average Bonchev–Trinajstić information content (AvgIpc) is 3.44. The first kappa shape index (κ1) is 22.6. The predicted molar refractivity (Wildman–Crippen MR) is 128 cm³/mol. The topological polar surface area (TPSA) is 92.9 Å². The molecule has 0 fully saturated rings. The standard InChI is InChI=1S/C25H17F3N8O/c1-34-14-16-13-29-20-7-6-19(15-11-30-23(31-12-15)35-9-3-8-32-35)33-21(20)22(16)36(24(34)37)18-5-2-4-17(10-18)25(26,27)28/h2-13H,14H2,1H3. The van der Waals surface area contributed by atoms with Crippen LogP contribution in [0.4, 0.5) is 29.3 Å². The first-order valence-corrected chi connectivity index (χ1v) is 11.1. The van der Waals surface area contributed by atoms with Crippen molar-refractivity contribution in [2.75, 3.05) is 11.9 Å². The van der Waals surface area contributed by atoms with Gasteiger partial charge in [0.05, 0.1) is 34.7 Å². The van der Waals surface area contributed by atoms with Crippen LogP contribution < -0.4 is 4.90 Å². The molecule has 0 bridgehead atoms. The molecule has 1 aliphatic rings. The van der Waals surface area contributed by atoms with Gasteiger partial charge in [-0.2, -0.15) is 18.3 Å². The summed E-state index contributed by atoms with van der Waals surface area (Å²) in [5, 5.41) is 4.11. The van der Waals surface area contributed by atoms with Crippen molar-refractivity contribution in [2.45, 2.75) is 12.7 Å². The fraction of sp³-hybridized carbons (Fsp3) is 0.120. The highest BCUT2D eigenvalue weighted by molar-refractivity contribution is 6.08. The molecule has 1 aromatic carbocycles. The molecule has 0 radical (unpaired) electrons. The maximum atomic E-state index is 13.5. The molecule has 12 heteroatoms. The van der Waals surface area contributed by atoms with Gasteiger partial charge in [-0.1, -0.05) is 6.07 Å². The number of carbonyl (C=O) groups is 1. The number of pyridine rings is 2. The molecule has 0 atom stereocenters. The van der Waals surface area contributed by atoms with Crippen LogP contribution in [0.1, 0.15) is 11.1 Å². The van der Waals surface area contributed by atoms with E-state index >= 15 is 0 Å². The third kappa shape index (κ3) is 3.92. The van der Waals surface area contributed by atoms with Gasteiger partial charge in [0.1, 0.15) is 5.52 Å². The van der Waals surface area contributed by atoms with Gasteiger partial charge >= 0.3 is 12.2 Å². The molecule has 2 amide bonds. The number of rotatable bonds is 3. The monoisotopic (exact) mass is 502 g/mol. The summed E-state index contributed by atoms with van der Waals surface area (Å²) in [4.78, 5) is 33.9. The van der Waals surface area contributed by atoms with E-state index in [1.54, 1.807) is 56.2 Å². The molecule has 5 heterocycles. The van der Waals surface area contributed by atoms with E-state index in [0.29, 0.717) is 39.5 Å². The zero-order chi connectivity index (χ0) is 25.7. The SMILES string of the molecule is CN1Cc2cnc3ccc(-c4cnc(-n5cccn5)nc4)nc3c2N(c2cccc(C(F)(F)F)c2)C1=O. The van der Waals surface area contributed by atoms with E-state index in [1.807, 2.05) is 0 Å². The van der Waals surface area contributed by atoms with E-state index in [-0.39, 0.29) is 12.2 Å². The number of anilines is 2. The maximum Gasteiger partial charge on any atom is 0.416 e. The second kappa shape index (κ2) is 8.36. The number of hydrogen-bond donors (Lipinski definition) is 0. The van der Waals surface area contributed by atoms with Crippen molar-refractivity contribution in [3.63, 3.8) is 0 Å². The van der Waals surface area contributed by atoms with Crippen LogP contribution >= 0.6 is 0 Å². The lowest BCUT2D eigenvalue weighted by Gasteiger charge is -2.35. The van der Waals surface area contributed by atoms with Crippen LogP contribution in [-0.4, -0.2) is 47.7 Å². The molecule has 6 rings (SSSR count). The van der Waals surface area contributed by atoms with Crippen molar-refractivity contribution in [3.05, 3.63) is 84.6 Å². The minimum absolute atomic E-state index is 0.0826. The Balaban J connectivity index is 1.50. The molecule has 0 saturated carbocycles. The number of hydrogen-bond acceptors (Lipinski definition) is 6. The maximum absolute atomic E-state index is 13.5. The van der Waals surface area contributed by atoms with Crippen LogP contribution in [0.15, 0.2) is 73.4 Å². The van der Waals surface area contributed by atoms with Crippen LogP contribution in [0.2, 0.25) is 0 Å². The molecule has 9 nitrogen and oxygen atoms in total. The fourth-order valence-corrected chi connectivity index (χ4v) is 4.23. The van der Waals surface area contributed by atoms with Crippen LogP contribution in [-0.2, 0) is 12.7 Å². The number of amides is 2. The van der Waals surface area contributed by atoms with E-state index < -0.39 is 17.8 Å². The van der Waals surface area contributed by atoms with Gasteiger partial charge in [0.15, 0.2) is 0 Å². The number of aromatic nitrogens is 6. The average molecular weight is 502 g/mol. The third-order valence-corrected chi connectivity index (χ3v) is 5.99. The fourth-order valence-electron chi connectivity index (χ4n) is 4.23. The van der Waals surface area contributed by atoms with Gasteiger partial charge in [0.2, 0.25) is 5.95 Å². The number of fused-ring (bicyclic) bond motifs is 3. The summed E-state index contributed by atoms with van der Waals surface area (Å²) in [6.45, 7) is 0.236. The van der Waals surface area contributed by atoms with Gasteiger partial charge in [-0.15, -0.1) is 0 Å². The van der Waals surface area contributed by atoms with Crippen molar-refractivity contribution in [3.8, 4) is 17.2 Å². The molecule has 1 aliphatic heterocycles. The Labute approximate surface area is 207 Å². The van der Waals surface area contributed by atoms with Gasteiger partial charge in [-0.25, -0.2) is 24.4 Å². The highest BCUT2D eigenvalue weighted by atomic mass is 19.4. The molecule has 0 spiro atoms. The molecule has 37 heavy (non-hydrogen) atoms. The van der Waals surface area contributed by atoms with Gasteiger partial charge in [-0.05, 0) is 36.4 Å². The van der Waals surface area contributed by atoms with Crippen molar-refractivity contribution in [2.24, 2.45) is 0 Å². The Morgan fingerprint density at radius 2 is 1.78 bits per heavy atom. The van der Waals surface area contributed by atoms with Crippen molar-refractivity contribution >= 4 is 28.4 Å². The van der Waals surface area contributed by atoms with E-state index in [4.69, 9.17) is 4.98 Å². The minimum atomic E-state index is -4.56. The smallest absolute Gasteiger partial charge is 0.323 e. The Morgan fingerprint density at radius 1 is 0.973 bits per heavy atom. The molecular weight excluding hydrogens is 485 g/mol. The van der Waals surface area contributed by atoms with Crippen LogP contribution in [0.25, 0.3) is 28.2 Å². The first-order valence-electron chi connectivity index (χ1n) is 11.1. The Bertz CT molecular complexity index is 1630. The van der Waals surface area contributed by atoms with Crippen molar-refractivity contribution in [1.29, 1.82) is 0 Å². The highest BCUT2D eigenvalue weighted by Crippen LogP contribution is 2.40. The van der Waals surface area contributed by atoms with Crippen molar-refractivity contribution in [1.82, 2.24) is 34.6 Å². The lowest BCUT2D eigenvalue weighted by atomic mass is 10.1. The Hall–Kier alpha value is -4.87. The van der Waals surface area contributed by atoms with Crippen LogP contribution in [0.3, 0.4) is 0 Å². The van der Waals surface area contributed by atoms with E-state index in [9.17, 15) is 18.0 Å². The van der Waals surface area contributed by atoms with E-state index in [0.717, 1.165) is 12.1 Å². The molecule has 4 aromatic heterocycles. The zero-order valence-electron chi connectivity index (χ0n) is 19.3. The minimum Gasteiger partial charge on any atom is -0.323 e. The summed E-state index contributed by atoms with van der Waals surface area (Å²) in [6, 6.07) is 9.45. The number of nitrogens with zero attached hydrogens (tertiary/aromatic N) is 8. The molecule has 0 unspecified atom stereocenters. The molecule has 5 aromatic rings. The van der Waals surface area contributed by atoms with Gasteiger partial charge < -0.3 is 4.90 Å². The van der Waals surface area contributed by atoms with E-state index in [2.05, 4.69) is 20.1 Å². The van der Waals surface area contributed by atoms with E-state index in [1.165, 1.54) is 26.6 Å². The number of benzene rings is 1. The molecular formula is C25H17F3N8O.